The van der Waals surface area contributed by atoms with Crippen LogP contribution in [0.5, 0.6) is 5.75 Å². The van der Waals surface area contributed by atoms with E-state index in [0.717, 1.165) is 0 Å². The van der Waals surface area contributed by atoms with Gasteiger partial charge in [0.15, 0.2) is 0 Å². The molecule has 1 aromatic rings. The molecule has 0 aliphatic rings. The fraction of sp³-hybridized carbons (Fsp3) is 0.333. The summed E-state index contributed by atoms with van der Waals surface area (Å²) in [5.41, 5.74) is 0.368. The molecule has 0 saturated carbocycles. The first-order valence-corrected chi connectivity index (χ1v) is 6.59. The fourth-order valence-corrected chi connectivity index (χ4v) is 1.59. The molecule has 0 fully saturated rings. The molecule has 0 heterocycles. The SMILES string of the molecule is COC(=O)CCCNC(=O)/C=C/c1ccccc1OC(F)F. The molecule has 7 heteroatoms. The molecule has 0 aliphatic carbocycles. The monoisotopic (exact) mass is 313 g/mol. The van der Waals surface area contributed by atoms with Gasteiger partial charge in [-0.2, -0.15) is 8.78 Å². The number of benzene rings is 1. The lowest BCUT2D eigenvalue weighted by molar-refractivity contribution is -0.140. The van der Waals surface area contributed by atoms with Crippen LogP contribution in [0.2, 0.25) is 0 Å². The lowest BCUT2D eigenvalue weighted by Gasteiger charge is -2.07. The molecule has 1 rings (SSSR count). The van der Waals surface area contributed by atoms with Crippen LogP contribution in [0.4, 0.5) is 8.78 Å². The molecule has 0 aromatic heterocycles. The van der Waals surface area contributed by atoms with Crippen LogP contribution in [0.15, 0.2) is 30.3 Å². The van der Waals surface area contributed by atoms with Gasteiger partial charge in [-0.15, -0.1) is 0 Å². The van der Waals surface area contributed by atoms with Crippen molar-refractivity contribution in [3.05, 3.63) is 35.9 Å². The van der Waals surface area contributed by atoms with Crippen LogP contribution >= 0.6 is 0 Å². The van der Waals surface area contributed by atoms with E-state index in [0.29, 0.717) is 18.5 Å². The first-order chi connectivity index (χ1) is 10.5. The molecule has 1 aromatic carbocycles. The summed E-state index contributed by atoms with van der Waals surface area (Å²) in [5.74, 6) is -0.744. The molecular weight excluding hydrogens is 296 g/mol. The summed E-state index contributed by atoms with van der Waals surface area (Å²) in [7, 11) is 1.29. The smallest absolute Gasteiger partial charge is 0.387 e. The van der Waals surface area contributed by atoms with E-state index in [9.17, 15) is 18.4 Å². The molecule has 0 bridgehead atoms. The molecule has 120 valence electrons. The summed E-state index contributed by atoms with van der Waals surface area (Å²) in [5, 5.41) is 2.57. The number of amides is 1. The fourth-order valence-electron chi connectivity index (χ4n) is 1.59. The minimum absolute atomic E-state index is 0.00718. The molecule has 0 saturated heterocycles. The van der Waals surface area contributed by atoms with Gasteiger partial charge in [-0.1, -0.05) is 18.2 Å². The molecule has 22 heavy (non-hydrogen) atoms. The maximum Gasteiger partial charge on any atom is 0.387 e. The van der Waals surface area contributed by atoms with Gasteiger partial charge < -0.3 is 14.8 Å². The normalized spacial score (nSPS) is 10.7. The van der Waals surface area contributed by atoms with E-state index in [4.69, 9.17) is 0 Å². The Bertz CT molecular complexity index is 532. The van der Waals surface area contributed by atoms with Gasteiger partial charge in [-0.05, 0) is 18.6 Å². The van der Waals surface area contributed by atoms with Crippen LogP contribution in [-0.2, 0) is 14.3 Å². The highest BCUT2D eigenvalue weighted by atomic mass is 19.3. The third-order valence-electron chi connectivity index (χ3n) is 2.63. The summed E-state index contributed by atoms with van der Waals surface area (Å²) in [6.07, 6.45) is 3.27. The number of carbonyl (C=O) groups excluding carboxylic acids is 2. The number of rotatable bonds is 8. The Kier molecular flexibility index (Phi) is 7.60. The van der Waals surface area contributed by atoms with E-state index in [2.05, 4.69) is 14.8 Å². The zero-order chi connectivity index (χ0) is 16.4. The topological polar surface area (TPSA) is 64.6 Å². The molecular formula is C15H17F2NO4. The van der Waals surface area contributed by atoms with Gasteiger partial charge in [0.2, 0.25) is 5.91 Å². The summed E-state index contributed by atoms with van der Waals surface area (Å²) in [4.78, 5) is 22.4. The molecule has 0 aliphatic heterocycles. The highest BCUT2D eigenvalue weighted by molar-refractivity contribution is 5.92. The third kappa shape index (κ3) is 6.83. The minimum atomic E-state index is -2.93. The van der Waals surface area contributed by atoms with Gasteiger partial charge in [0.05, 0.1) is 7.11 Å². The number of hydrogen-bond acceptors (Lipinski definition) is 4. The van der Waals surface area contributed by atoms with Crippen LogP contribution in [0, 0.1) is 0 Å². The molecule has 0 spiro atoms. The second-order valence-corrected chi connectivity index (χ2v) is 4.22. The first-order valence-electron chi connectivity index (χ1n) is 6.59. The average molecular weight is 313 g/mol. The van der Waals surface area contributed by atoms with E-state index >= 15 is 0 Å². The molecule has 0 atom stereocenters. The Morgan fingerprint density at radius 3 is 2.73 bits per heavy atom. The van der Waals surface area contributed by atoms with Gasteiger partial charge in [0.25, 0.3) is 0 Å². The third-order valence-corrected chi connectivity index (χ3v) is 2.63. The van der Waals surface area contributed by atoms with Crippen molar-refractivity contribution in [2.45, 2.75) is 19.5 Å². The zero-order valence-electron chi connectivity index (χ0n) is 12.1. The maximum absolute atomic E-state index is 12.2. The number of halogens is 2. The minimum Gasteiger partial charge on any atom is -0.469 e. The number of ether oxygens (including phenoxy) is 2. The second kappa shape index (κ2) is 9.49. The van der Waals surface area contributed by atoms with Crippen molar-refractivity contribution in [2.75, 3.05) is 13.7 Å². The number of nitrogens with one attached hydrogen (secondary N) is 1. The average Bonchev–Trinajstić information content (AvgIpc) is 2.49. The van der Waals surface area contributed by atoms with E-state index < -0.39 is 12.5 Å². The van der Waals surface area contributed by atoms with Crippen LogP contribution in [-0.4, -0.2) is 32.1 Å². The van der Waals surface area contributed by atoms with Crippen LogP contribution in [0.3, 0.4) is 0 Å². The van der Waals surface area contributed by atoms with E-state index in [1.807, 2.05) is 0 Å². The number of esters is 1. The summed E-state index contributed by atoms with van der Waals surface area (Å²) >= 11 is 0. The van der Waals surface area contributed by atoms with Gasteiger partial charge in [-0.25, -0.2) is 0 Å². The molecule has 0 unspecified atom stereocenters. The van der Waals surface area contributed by atoms with Gasteiger partial charge >= 0.3 is 12.6 Å². The summed E-state index contributed by atoms with van der Waals surface area (Å²) < 4.78 is 33.3. The quantitative estimate of drug-likeness (QED) is 0.455. The van der Waals surface area contributed by atoms with Crippen molar-refractivity contribution in [3.8, 4) is 5.75 Å². The van der Waals surface area contributed by atoms with Gasteiger partial charge in [0, 0.05) is 24.6 Å². The van der Waals surface area contributed by atoms with Crippen molar-refractivity contribution in [1.82, 2.24) is 5.32 Å². The van der Waals surface area contributed by atoms with E-state index in [-0.39, 0.29) is 18.1 Å². The van der Waals surface area contributed by atoms with Crippen molar-refractivity contribution >= 4 is 18.0 Å². The number of alkyl halides is 2. The second-order valence-electron chi connectivity index (χ2n) is 4.22. The van der Waals surface area contributed by atoms with Crippen LogP contribution < -0.4 is 10.1 Å². The highest BCUT2D eigenvalue weighted by Crippen LogP contribution is 2.21. The highest BCUT2D eigenvalue weighted by Gasteiger charge is 2.07. The van der Waals surface area contributed by atoms with Crippen molar-refractivity contribution in [1.29, 1.82) is 0 Å². The number of hydrogen-bond donors (Lipinski definition) is 1. The Morgan fingerprint density at radius 2 is 2.05 bits per heavy atom. The Hall–Kier alpha value is -2.44. The van der Waals surface area contributed by atoms with Crippen molar-refractivity contribution in [3.63, 3.8) is 0 Å². The maximum atomic E-state index is 12.2. The van der Waals surface area contributed by atoms with Gasteiger partial charge in [0.1, 0.15) is 5.75 Å². The molecule has 0 radical (unpaired) electrons. The zero-order valence-corrected chi connectivity index (χ0v) is 12.1. The summed E-state index contributed by atoms with van der Waals surface area (Å²) in [6.45, 7) is -2.62. The predicted octanol–water partition coefficient (Wildman–Crippen LogP) is 2.37. The number of carbonyl (C=O) groups is 2. The largest absolute Gasteiger partial charge is 0.469 e. The number of methoxy groups -OCH3 is 1. The molecule has 1 amide bonds. The first kappa shape index (κ1) is 17.6. The predicted molar refractivity (Wildman–Crippen MR) is 76.4 cm³/mol. The summed E-state index contributed by atoms with van der Waals surface area (Å²) in [6, 6.07) is 6.15. The Labute approximate surface area is 126 Å². The van der Waals surface area contributed by atoms with Crippen molar-refractivity contribution in [2.24, 2.45) is 0 Å². The standard InChI is InChI=1S/C15H17F2NO4/c1-21-14(20)7-4-10-18-13(19)9-8-11-5-2-3-6-12(11)22-15(16)17/h2-3,5-6,8-9,15H,4,7,10H2,1H3,(H,18,19)/b9-8+. The Balaban J connectivity index is 2.47. The Morgan fingerprint density at radius 1 is 1.32 bits per heavy atom. The lowest BCUT2D eigenvalue weighted by atomic mass is 10.2. The lowest BCUT2D eigenvalue weighted by Crippen LogP contribution is -2.22. The van der Waals surface area contributed by atoms with Crippen molar-refractivity contribution < 1.29 is 27.8 Å². The number of para-hydroxylation sites is 1. The van der Waals surface area contributed by atoms with E-state index in [1.54, 1.807) is 18.2 Å². The van der Waals surface area contributed by atoms with Crippen LogP contribution in [0.25, 0.3) is 6.08 Å². The molecule has 1 N–H and O–H groups in total. The van der Waals surface area contributed by atoms with E-state index in [1.165, 1.54) is 25.3 Å². The molecule has 5 nitrogen and oxygen atoms in total. The van der Waals surface area contributed by atoms with Gasteiger partial charge in [-0.3, -0.25) is 9.59 Å². The van der Waals surface area contributed by atoms with Crippen LogP contribution in [0.1, 0.15) is 18.4 Å².